The van der Waals surface area contributed by atoms with Crippen LogP contribution in [0.25, 0.3) is 6.08 Å². The molecule has 0 N–H and O–H groups in total. The normalized spacial score (nSPS) is 13.5. The molecule has 0 aliphatic rings. The Balaban J connectivity index is 2.58. The summed E-state index contributed by atoms with van der Waals surface area (Å²) in [6, 6.07) is 10.4. The first kappa shape index (κ1) is 9.40. The highest BCUT2D eigenvalue weighted by Crippen LogP contribution is 2.09. The van der Waals surface area contributed by atoms with E-state index in [2.05, 4.69) is 49.6 Å². The van der Waals surface area contributed by atoms with Crippen LogP contribution in [0, 0.1) is 0 Å². The monoisotopic (exact) mass is 178 g/mol. The van der Waals surface area contributed by atoms with E-state index in [9.17, 15) is 0 Å². The third kappa shape index (κ3) is 3.14. The summed E-state index contributed by atoms with van der Waals surface area (Å²) in [5.41, 5.74) is 1.28. The van der Waals surface area contributed by atoms with Crippen molar-refractivity contribution in [2.45, 2.75) is 12.2 Å². The third-order valence-electron chi connectivity index (χ3n) is 1.73. The van der Waals surface area contributed by atoms with Gasteiger partial charge in [-0.3, -0.25) is 0 Å². The van der Waals surface area contributed by atoms with Crippen LogP contribution < -0.4 is 0 Å². The van der Waals surface area contributed by atoms with Gasteiger partial charge in [0.25, 0.3) is 0 Å². The molecule has 1 atom stereocenters. The van der Waals surface area contributed by atoms with E-state index in [1.165, 1.54) is 5.56 Å². The standard InChI is InChI=1S/C11H14S/c1-10(12-2)8-9-11-6-4-3-5-7-11/h3-10H,1-2H3. The van der Waals surface area contributed by atoms with Crippen molar-refractivity contribution < 1.29 is 0 Å². The summed E-state index contributed by atoms with van der Waals surface area (Å²) >= 11 is 1.86. The molecular formula is C11H14S. The fourth-order valence-electron chi connectivity index (χ4n) is 0.889. The van der Waals surface area contributed by atoms with E-state index in [1.54, 1.807) is 0 Å². The molecule has 1 aromatic carbocycles. The Morgan fingerprint density at radius 2 is 1.92 bits per heavy atom. The Morgan fingerprint density at radius 1 is 1.25 bits per heavy atom. The summed E-state index contributed by atoms with van der Waals surface area (Å²) in [6.07, 6.45) is 6.52. The van der Waals surface area contributed by atoms with Gasteiger partial charge in [0.2, 0.25) is 0 Å². The van der Waals surface area contributed by atoms with E-state index < -0.39 is 0 Å². The molecule has 0 saturated heterocycles. The van der Waals surface area contributed by atoms with Crippen LogP contribution >= 0.6 is 11.8 Å². The minimum Gasteiger partial charge on any atom is -0.158 e. The molecule has 0 aromatic heterocycles. The lowest BCUT2D eigenvalue weighted by Crippen LogP contribution is -1.85. The van der Waals surface area contributed by atoms with E-state index in [1.807, 2.05) is 17.8 Å². The minimum atomic E-state index is 0.602. The number of rotatable bonds is 3. The highest BCUT2D eigenvalue weighted by Gasteiger charge is 1.90. The van der Waals surface area contributed by atoms with Crippen molar-refractivity contribution in [2.75, 3.05) is 6.26 Å². The first-order chi connectivity index (χ1) is 5.83. The van der Waals surface area contributed by atoms with Crippen molar-refractivity contribution in [2.24, 2.45) is 0 Å². The average Bonchev–Trinajstić information content (AvgIpc) is 2.16. The van der Waals surface area contributed by atoms with E-state index in [-0.39, 0.29) is 0 Å². The molecule has 64 valence electrons. The molecule has 0 bridgehead atoms. The molecule has 0 aliphatic heterocycles. The van der Waals surface area contributed by atoms with Gasteiger partial charge in [-0.2, -0.15) is 11.8 Å². The highest BCUT2D eigenvalue weighted by atomic mass is 32.2. The van der Waals surface area contributed by atoms with Crippen LogP contribution in [0.2, 0.25) is 0 Å². The van der Waals surface area contributed by atoms with Gasteiger partial charge >= 0.3 is 0 Å². The number of benzene rings is 1. The van der Waals surface area contributed by atoms with Gasteiger partial charge in [0, 0.05) is 5.25 Å². The highest BCUT2D eigenvalue weighted by molar-refractivity contribution is 7.99. The van der Waals surface area contributed by atoms with Crippen LogP contribution in [0.15, 0.2) is 36.4 Å². The summed E-state index contributed by atoms with van der Waals surface area (Å²) in [5.74, 6) is 0. The van der Waals surface area contributed by atoms with Gasteiger partial charge < -0.3 is 0 Å². The fourth-order valence-corrected chi connectivity index (χ4v) is 1.13. The van der Waals surface area contributed by atoms with Gasteiger partial charge in [-0.1, -0.05) is 42.5 Å². The molecule has 0 nitrogen and oxygen atoms in total. The topological polar surface area (TPSA) is 0 Å². The van der Waals surface area contributed by atoms with Crippen LogP contribution in [0.1, 0.15) is 12.5 Å². The third-order valence-corrected chi connectivity index (χ3v) is 2.63. The maximum atomic E-state index is 2.22. The molecule has 0 saturated carbocycles. The van der Waals surface area contributed by atoms with Gasteiger partial charge in [-0.05, 0) is 18.7 Å². The smallest absolute Gasteiger partial charge is 0.0199 e. The molecule has 0 amide bonds. The van der Waals surface area contributed by atoms with Crippen LogP contribution in [-0.2, 0) is 0 Å². The van der Waals surface area contributed by atoms with Crippen LogP contribution in [0.5, 0.6) is 0 Å². The maximum Gasteiger partial charge on any atom is 0.0199 e. The zero-order valence-electron chi connectivity index (χ0n) is 7.53. The Kier molecular flexibility index (Phi) is 3.95. The average molecular weight is 178 g/mol. The zero-order valence-corrected chi connectivity index (χ0v) is 8.34. The molecule has 0 aliphatic carbocycles. The van der Waals surface area contributed by atoms with Gasteiger partial charge in [-0.25, -0.2) is 0 Å². The molecule has 0 heterocycles. The van der Waals surface area contributed by atoms with Crippen molar-refractivity contribution in [3.05, 3.63) is 42.0 Å². The predicted molar refractivity (Wildman–Crippen MR) is 58.5 cm³/mol. The zero-order chi connectivity index (χ0) is 8.81. The molecule has 0 radical (unpaired) electrons. The molecule has 12 heavy (non-hydrogen) atoms. The number of hydrogen-bond acceptors (Lipinski definition) is 1. The van der Waals surface area contributed by atoms with E-state index in [0.29, 0.717) is 5.25 Å². The summed E-state index contributed by atoms with van der Waals surface area (Å²) in [6.45, 7) is 2.20. The van der Waals surface area contributed by atoms with Gasteiger partial charge in [-0.15, -0.1) is 0 Å². The molecular weight excluding hydrogens is 164 g/mol. The second-order valence-corrected chi connectivity index (χ2v) is 3.93. The summed E-state index contributed by atoms with van der Waals surface area (Å²) in [7, 11) is 0. The predicted octanol–water partition coefficient (Wildman–Crippen LogP) is 3.45. The Bertz CT molecular complexity index is 238. The van der Waals surface area contributed by atoms with Crippen molar-refractivity contribution in [3.63, 3.8) is 0 Å². The quantitative estimate of drug-likeness (QED) is 0.683. The summed E-state index contributed by atoms with van der Waals surface area (Å²) in [5, 5.41) is 0.602. The lowest BCUT2D eigenvalue weighted by Gasteiger charge is -1.98. The van der Waals surface area contributed by atoms with Crippen LogP contribution in [0.3, 0.4) is 0 Å². The van der Waals surface area contributed by atoms with Crippen LogP contribution in [0.4, 0.5) is 0 Å². The van der Waals surface area contributed by atoms with Crippen LogP contribution in [-0.4, -0.2) is 11.5 Å². The van der Waals surface area contributed by atoms with Crippen molar-refractivity contribution in [3.8, 4) is 0 Å². The Labute approximate surface area is 78.7 Å². The molecule has 0 spiro atoms. The lowest BCUT2D eigenvalue weighted by molar-refractivity contribution is 1.26. The number of thioether (sulfide) groups is 1. The first-order valence-electron chi connectivity index (χ1n) is 4.09. The largest absolute Gasteiger partial charge is 0.158 e. The minimum absolute atomic E-state index is 0.602. The first-order valence-corrected chi connectivity index (χ1v) is 5.38. The van der Waals surface area contributed by atoms with Crippen molar-refractivity contribution >= 4 is 17.8 Å². The fraction of sp³-hybridized carbons (Fsp3) is 0.273. The Morgan fingerprint density at radius 3 is 2.50 bits per heavy atom. The van der Waals surface area contributed by atoms with Crippen molar-refractivity contribution in [1.29, 1.82) is 0 Å². The van der Waals surface area contributed by atoms with E-state index >= 15 is 0 Å². The molecule has 0 fully saturated rings. The van der Waals surface area contributed by atoms with Gasteiger partial charge in [0.1, 0.15) is 0 Å². The van der Waals surface area contributed by atoms with E-state index in [0.717, 1.165) is 0 Å². The second kappa shape index (κ2) is 5.04. The lowest BCUT2D eigenvalue weighted by atomic mass is 10.2. The SMILES string of the molecule is CSC(C)C=Cc1ccccc1. The van der Waals surface area contributed by atoms with Gasteiger partial charge in [0.15, 0.2) is 0 Å². The summed E-state index contributed by atoms with van der Waals surface area (Å²) in [4.78, 5) is 0. The maximum absolute atomic E-state index is 2.22. The molecule has 1 rings (SSSR count). The Hall–Kier alpha value is -0.690. The van der Waals surface area contributed by atoms with Gasteiger partial charge in [0.05, 0.1) is 0 Å². The number of hydrogen-bond donors (Lipinski definition) is 0. The van der Waals surface area contributed by atoms with E-state index in [4.69, 9.17) is 0 Å². The molecule has 1 aromatic rings. The molecule has 1 heteroatoms. The summed E-state index contributed by atoms with van der Waals surface area (Å²) < 4.78 is 0. The molecule has 1 unspecified atom stereocenters. The van der Waals surface area contributed by atoms with Crippen molar-refractivity contribution in [1.82, 2.24) is 0 Å². The second-order valence-electron chi connectivity index (χ2n) is 2.71.